The van der Waals surface area contributed by atoms with Crippen LogP contribution in [0.4, 0.5) is 0 Å². The molecule has 0 aliphatic rings. The number of rotatable bonds is 1. The molecule has 0 fully saturated rings. The van der Waals surface area contributed by atoms with Gasteiger partial charge in [0.05, 0.1) is 6.26 Å². The highest BCUT2D eigenvalue weighted by molar-refractivity contribution is 5.92. The second kappa shape index (κ2) is 3.28. The average Bonchev–Trinajstić information content (AvgIpc) is 2.78. The van der Waals surface area contributed by atoms with Crippen LogP contribution in [0.3, 0.4) is 0 Å². The third-order valence-electron chi connectivity index (χ3n) is 2.51. The lowest BCUT2D eigenvalue weighted by molar-refractivity contribution is 0.617. The quantitative estimate of drug-likeness (QED) is 0.571. The van der Waals surface area contributed by atoms with Gasteiger partial charge in [-0.05, 0) is 17.7 Å². The van der Waals surface area contributed by atoms with E-state index in [1.54, 1.807) is 6.26 Å². The molecule has 3 aromatic rings. The maximum atomic E-state index is 5.49. The smallest absolute Gasteiger partial charge is 0.141 e. The van der Waals surface area contributed by atoms with Gasteiger partial charge in [0.1, 0.15) is 5.58 Å². The van der Waals surface area contributed by atoms with Crippen molar-refractivity contribution in [2.75, 3.05) is 0 Å². The summed E-state index contributed by atoms with van der Waals surface area (Å²) in [5.41, 5.74) is 3.24. The van der Waals surface area contributed by atoms with Crippen molar-refractivity contribution in [3.8, 4) is 11.1 Å². The fraction of sp³-hybridized carbons (Fsp3) is 0. The van der Waals surface area contributed by atoms with Crippen molar-refractivity contribution >= 4 is 11.0 Å². The number of hydrogen-bond acceptors (Lipinski definition) is 1. The van der Waals surface area contributed by atoms with E-state index >= 15 is 0 Å². The molecule has 3 rings (SSSR count). The number of fused-ring (bicyclic) bond motifs is 1. The molecule has 0 aliphatic heterocycles. The van der Waals surface area contributed by atoms with E-state index in [1.807, 2.05) is 36.4 Å². The van der Waals surface area contributed by atoms with E-state index in [2.05, 4.69) is 18.2 Å². The summed E-state index contributed by atoms with van der Waals surface area (Å²) in [6.07, 6.45) is 1.73. The van der Waals surface area contributed by atoms with E-state index in [0.29, 0.717) is 0 Å². The highest BCUT2D eigenvalue weighted by Crippen LogP contribution is 2.28. The summed E-state index contributed by atoms with van der Waals surface area (Å²) in [6.45, 7) is 0. The van der Waals surface area contributed by atoms with Crippen LogP contribution in [-0.2, 0) is 0 Å². The Bertz CT molecular complexity index is 578. The highest BCUT2D eigenvalue weighted by Gasteiger charge is 2.04. The van der Waals surface area contributed by atoms with Crippen molar-refractivity contribution in [2.24, 2.45) is 0 Å². The van der Waals surface area contributed by atoms with E-state index in [9.17, 15) is 0 Å². The van der Waals surface area contributed by atoms with Crippen LogP contribution in [0.25, 0.3) is 22.1 Å². The van der Waals surface area contributed by atoms with Crippen molar-refractivity contribution in [3.63, 3.8) is 0 Å². The number of benzene rings is 2. The summed E-state index contributed by atoms with van der Waals surface area (Å²) in [4.78, 5) is 0. The number of furan rings is 1. The lowest BCUT2D eigenvalue weighted by atomic mass is 10.0. The van der Waals surface area contributed by atoms with Gasteiger partial charge in [0.2, 0.25) is 0 Å². The standard InChI is InChI=1S/C14H9O/c1-2-5-11(6-3-1)13-8-4-7-12-9-10-15-14(12)13/h2-10H. The van der Waals surface area contributed by atoms with Crippen LogP contribution in [-0.4, -0.2) is 0 Å². The second-order valence-corrected chi connectivity index (χ2v) is 3.43. The minimum absolute atomic E-state index is 0.948. The summed E-state index contributed by atoms with van der Waals surface area (Å²) < 4.78 is 5.49. The van der Waals surface area contributed by atoms with Gasteiger partial charge in [0.15, 0.2) is 0 Å². The van der Waals surface area contributed by atoms with Crippen LogP contribution in [0, 0.1) is 6.07 Å². The van der Waals surface area contributed by atoms with Crippen molar-refractivity contribution < 1.29 is 4.42 Å². The Morgan fingerprint density at radius 2 is 1.80 bits per heavy atom. The molecule has 0 unspecified atom stereocenters. The van der Waals surface area contributed by atoms with Gasteiger partial charge >= 0.3 is 0 Å². The largest absolute Gasteiger partial charge is 0.464 e. The molecule has 2 aromatic carbocycles. The van der Waals surface area contributed by atoms with Crippen molar-refractivity contribution in [1.82, 2.24) is 0 Å². The first-order valence-electron chi connectivity index (χ1n) is 4.88. The van der Waals surface area contributed by atoms with Crippen LogP contribution >= 0.6 is 0 Å². The third-order valence-corrected chi connectivity index (χ3v) is 2.51. The highest BCUT2D eigenvalue weighted by atomic mass is 16.3. The van der Waals surface area contributed by atoms with Crippen molar-refractivity contribution in [1.29, 1.82) is 0 Å². The molecule has 1 heterocycles. The zero-order chi connectivity index (χ0) is 10.1. The molecule has 1 heteroatoms. The Morgan fingerprint density at radius 1 is 0.933 bits per heavy atom. The molecule has 0 N–H and O–H groups in total. The fourth-order valence-corrected chi connectivity index (χ4v) is 1.79. The van der Waals surface area contributed by atoms with Gasteiger partial charge in [-0.3, -0.25) is 0 Å². The summed E-state index contributed by atoms with van der Waals surface area (Å²) in [7, 11) is 0. The normalized spacial score (nSPS) is 10.7. The molecule has 0 bridgehead atoms. The second-order valence-electron chi connectivity index (χ2n) is 3.43. The molecule has 71 valence electrons. The maximum absolute atomic E-state index is 5.49. The first-order chi connectivity index (χ1) is 7.45. The van der Waals surface area contributed by atoms with E-state index < -0.39 is 0 Å². The molecule has 0 atom stereocenters. The molecule has 0 saturated carbocycles. The van der Waals surface area contributed by atoms with Gasteiger partial charge in [0, 0.05) is 10.9 Å². The zero-order valence-corrected chi connectivity index (χ0v) is 8.10. The molecule has 0 saturated heterocycles. The van der Waals surface area contributed by atoms with Gasteiger partial charge < -0.3 is 4.42 Å². The summed E-state index contributed by atoms with van der Waals surface area (Å²) in [6, 6.07) is 19.1. The summed E-state index contributed by atoms with van der Waals surface area (Å²) >= 11 is 0. The molecule has 1 radical (unpaired) electrons. The van der Waals surface area contributed by atoms with E-state index in [0.717, 1.165) is 22.1 Å². The van der Waals surface area contributed by atoms with Crippen molar-refractivity contribution in [2.45, 2.75) is 0 Å². The van der Waals surface area contributed by atoms with Crippen LogP contribution in [0.15, 0.2) is 59.2 Å². The van der Waals surface area contributed by atoms with Gasteiger partial charge in [-0.1, -0.05) is 42.5 Å². The number of hydrogen-bond donors (Lipinski definition) is 0. The first kappa shape index (κ1) is 8.30. The van der Waals surface area contributed by atoms with E-state index in [-0.39, 0.29) is 0 Å². The molecular formula is C14H9O. The zero-order valence-electron chi connectivity index (χ0n) is 8.10. The predicted octanol–water partition coefficient (Wildman–Crippen LogP) is 3.90. The Balaban J connectivity index is 2.31. The Morgan fingerprint density at radius 3 is 2.67 bits per heavy atom. The lowest BCUT2D eigenvalue weighted by Gasteiger charge is -2.01. The topological polar surface area (TPSA) is 13.1 Å². The SMILES string of the molecule is [c]1ccc(-c2cccc3ccoc23)cc1. The predicted molar refractivity (Wildman–Crippen MR) is 60.5 cm³/mol. The van der Waals surface area contributed by atoms with Crippen LogP contribution < -0.4 is 0 Å². The molecular weight excluding hydrogens is 184 g/mol. The maximum Gasteiger partial charge on any atom is 0.141 e. The van der Waals surface area contributed by atoms with Gasteiger partial charge in [0.25, 0.3) is 0 Å². The van der Waals surface area contributed by atoms with Crippen LogP contribution in [0.1, 0.15) is 0 Å². The Kier molecular flexibility index (Phi) is 1.82. The van der Waals surface area contributed by atoms with E-state index in [4.69, 9.17) is 4.42 Å². The van der Waals surface area contributed by atoms with Gasteiger partial charge in [-0.15, -0.1) is 0 Å². The monoisotopic (exact) mass is 193 g/mol. The minimum Gasteiger partial charge on any atom is -0.464 e. The average molecular weight is 193 g/mol. The lowest BCUT2D eigenvalue weighted by Crippen LogP contribution is -1.77. The van der Waals surface area contributed by atoms with Crippen LogP contribution in [0.2, 0.25) is 0 Å². The molecule has 0 amide bonds. The molecule has 15 heavy (non-hydrogen) atoms. The van der Waals surface area contributed by atoms with E-state index in [1.165, 1.54) is 0 Å². The Hall–Kier alpha value is -2.02. The Labute approximate surface area is 88.0 Å². The number of para-hydroxylation sites is 1. The molecule has 1 aromatic heterocycles. The first-order valence-corrected chi connectivity index (χ1v) is 4.88. The molecule has 0 spiro atoms. The molecule has 1 nitrogen and oxygen atoms in total. The van der Waals surface area contributed by atoms with Gasteiger partial charge in [-0.25, -0.2) is 0 Å². The van der Waals surface area contributed by atoms with Crippen molar-refractivity contribution in [3.05, 3.63) is 60.9 Å². The summed E-state index contributed by atoms with van der Waals surface area (Å²) in [5, 5.41) is 1.14. The summed E-state index contributed by atoms with van der Waals surface area (Å²) in [5.74, 6) is 0. The fourth-order valence-electron chi connectivity index (χ4n) is 1.79. The minimum atomic E-state index is 0.948. The van der Waals surface area contributed by atoms with Crippen LogP contribution in [0.5, 0.6) is 0 Å². The molecule has 0 aliphatic carbocycles. The van der Waals surface area contributed by atoms with Gasteiger partial charge in [-0.2, -0.15) is 0 Å². The third kappa shape index (κ3) is 1.33.